The molecule has 0 saturated carbocycles. The van der Waals surface area contributed by atoms with Crippen LogP contribution in [0.3, 0.4) is 0 Å². The van der Waals surface area contributed by atoms with Crippen LogP contribution in [0.5, 0.6) is 0 Å². The van der Waals surface area contributed by atoms with Crippen molar-refractivity contribution in [3.63, 3.8) is 0 Å². The van der Waals surface area contributed by atoms with Crippen molar-refractivity contribution < 1.29 is 4.68 Å². The molecule has 1 rings (SSSR count). The highest BCUT2D eigenvalue weighted by Gasteiger charge is 2.06. The third-order valence-corrected chi connectivity index (χ3v) is 1.78. The highest BCUT2D eigenvalue weighted by Crippen LogP contribution is 2.07. The summed E-state index contributed by atoms with van der Waals surface area (Å²) in [7, 11) is 0. The van der Waals surface area contributed by atoms with Crippen LogP contribution in [0, 0.1) is 11.3 Å². The smallest absolute Gasteiger partial charge is 0.205 e. The maximum atomic E-state index is 8.40. The van der Waals surface area contributed by atoms with Gasteiger partial charge in [0.05, 0.1) is 6.07 Å². The first-order valence-electron chi connectivity index (χ1n) is 3.06. The number of hydrogen-bond acceptors (Lipinski definition) is 2. The second-order valence-corrected chi connectivity index (χ2v) is 2.99. The van der Waals surface area contributed by atoms with E-state index in [4.69, 9.17) is 11.1 Å². The molecule has 0 saturated heterocycles. The lowest BCUT2D eigenvalue weighted by molar-refractivity contribution is -0.646. The zero-order valence-corrected chi connectivity index (χ0v) is 7.37. The molecule has 0 atom stereocenters. The van der Waals surface area contributed by atoms with Gasteiger partial charge in [0, 0.05) is 16.6 Å². The molecule has 0 fully saturated rings. The molecule has 0 spiro atoms. The summed E-state index contributed by atoms with van der Waals surface area (Å²) in [6.07, 6.45) is 2.03. The first-order chi connectivity index (χ1) is 5.24. The molecule has 3 nitrogen and oxygen atoms in total. The fraction of sp³-hybridized carbons (Fsp3) is 0.143. The zero-order valence-electron chi connectivity index (χ0n) is 5.79. The molecule has 4 heteroatoms. The minimum atomic E-state index is 0.329. The summed E-state index contributed by atoms with van der Waals surface area (Å²) >= 11 is 3.29. The van der Waals surface area contributed by atoms with Crippen molar-refractivity contribution in [1.82, 2.24) is 0 Å². The number of nitriles is 1. The van der Waals surface area contributed by atoms with Gasteiger partial charge in [0.15, 0.2) is 0 Å². The Morgan fingerprint density at radius 2 is 2.45 bits per heavy atom. The van der Waals surface area contributed by atoms with Crippen LogP contribution in [0.15, 0.2) is 22.8 Å². The molecule has 2 N–H and O–H groups in total. The van der Waals surface area contributed by atoms with Gasteiger partial charge >= 0.3 is 0 Å². The Bertz CT molecular complexity index is 303. The summed E-state index contributed by atoms with van der Waals surface area (Å²) in [5, 5.41) is 8.40. The van der Waals surface area contributed by atoms with Crippen LogP contribution >= 0.6 is 15.9 Å². The maximum absolute atomic E-state index is 8.40. The van der Waals surface area contributed by atoms with Crippen molar-refractivity contribution in [1.29, 1.82) is 5.26 Å². The van der Waals surface area contributed by atoms with Gasteiger partial charge in [-0.15, -0.1) is 0 Å². The number of nitrogens with zero attached hydrogens (tertiary/aromatic N) is 2. The van der Waals surface area contributed by atoms with Crippen molar-refractivity contribution in [2.75, 3.05) is 5.84 Å². The molecular weight excluding hydrogens is 206 g/mol. The number of nitrogens with two attached hydrogens (primary N) is 1. The Morgan fingerprint density at radius 3 is 3.09 bits per heavy atom. The monoisotopic (exact) mass is 212 g/mol. The molecule has 1 aromatic rings. The van der Waals surface area contributed by atoms with Crippen LogP contribution in [-0.4, -0.2) is 0 Å². The summed E-state index contributed by atoms with van der Waals surface area (Å²) in [5.41, 5.74) is 0.793. The van der Waals surface area contributed by atoms with Gasteiger partial charge in [0.25, 0.3) is 0 Å². The van der Waals surface area contributed by atoms with Gasteiger partial charge in [-0.25, -0.2) is 5.84 Å². The predicted molar refractivity (Wildman–Crippen MR) is 43.8 cm³/mol. The molecule has 0 aromatic carbocycles. The molecule has 11 heavy (non-hydrogen) atoms. The van der Waals surface area contributed by atoms with Crippen LogP contribution in [-0.2, 0) is 6.42 Å². The average molecular weight is 213 g/mol. The standard InChI is InChI=1S/C7H7BrN3/c8-6-2-4-11(10)7(5-6)1-3-9/h2,4-5H,1,10H2/q+1. The number of hydrogen-bond donors (Lipinski definition) is 1. The highest BCUT2D eigenvalue weighted by molar-refractivity contribution is 9.10. The lowest BCUT2D eigenvalue weighted by Gasteiger charge is -1.92. The van der Waals surface area contributed by atoms with Crippen LogP contribution in [0.25, 0.3) is 0 Å². The lowest BCUT2D eigenvalue weighted by Crippen LogP contribution is -2.47. The number of pyridine rings is 1. The fourth-order valence-electron chi connectivity index (χ4n) is 0.752. The van der Waals surface area contributed by atoms with E-state index < -0.39 is 0 Å². The van der Waals surface area contributed by atoms with Crippen LogP contribution < -0.4 is 10.5 Å². The van der Waals surface area contributed by atoms with E-state index in [2.05, 4.69) is 15.9 Å². The predicted octanol–water partition coefficient (Wildman–Crippen LogP) is 0.516. The van der Waals surface area contributed by atoms with Gasteiger partial charge in [-0.1, -0.05) is 20.6 Å². The number of halogens is 1. The third-order valence-electron chi connectivity index (χ3n) is 1.29. The Kier molecular flexibility index (Phi) is 2.44. The topological polar surface area (TPSA) is 53.7 Å². The summed E-state index contributed by atoms with van der Waals surface area (Å²) in [6.45, 7) is 0. The summed E-state index contributed by atoms with van der Waals surface area (Å²) in [6, 6.07) is 5.67. The molecule has 1 heterocycles. The molecule has 1 aromatic heterocycles. The molecule has 0 aliphatic carbocycles. The minimum Gasteiger partial charge on any atom is -0.205 e. The maximum Gasteiger partial charge on any atom is 0.226 e. The Morgan fingerprint density at radius 1 is 1.73 bits per heavy atom. The normalized spacial score (nSPS) is 9.09. The first-order valence-corrected chi connectivity index (χ1v) is 3.85. The number of nitrogen functional groups attached to an aromatic ring is 1. The molecule has 0 amide bonds. The Hall–Kier alpha value is -1.08. The molecule has 0 aliphatic rings. The Labute approximate surface area is 73.2 Å². The van der Waals surface area contributed by atoms with Crippen LogP contribution in [0.4, 0.5) is 0 Å². The molecule has 0 unspecified atom stereocenters. The van der Waals surface area contributed by atoms with E-state index in [0.717, 1.165) is 10.2 Å². The molecular formula is C7H7BrN3+. The summed E-state index contributed by atoms with van der Waals surface area (Å²) < 4.78 is 2.37. The first kappa shape index (κ1) is 8.02. The van der Waals surface area contributed by atoms with Gasteiger partial charge in [-0.2, -0.15) is 5.26 Å². The number of rotatable bonds is 1. The summed E-state index contributed by atoms with van der Waals surface area (Å²) in [4.78, 5) is 0. The van der Waals surface area contributed by atoms with Crippen molar-refractivity contribution in [2.24, 2.45) is 0 Å². The van der Waals surface area contributed by atoms with Crippen LogP contribution in [0.1, 0.15) is 5.69 Å². The van der Waals surface area contributed by atoms with E-state index in [1.165, 1.54) is 4.68 Å². The van der Waals surface area contributed by atoms with Crippen molar-refractivity contribution in [3.05, 3.63) is 28.5 Å². The quantitative estimate of drug-likeness (QED) is 0.546. The van der Waals surface area contributed by atoms with E-state index in [1.54, 1.807) is 6.20 Å². The second kappa shape index (κ2) is 3.35. The van der Waals surface area contributed by atoms with E-state index in [0.29, 0.717) is 6.42 Å². The van der Waals surface area contributed by atoms with Gasteiger partial charge < -0.3 is 0 Å². The zero-order chi connectivity index (χ0) is 8.27. The molecule has 0 bridgehead atoms. The SMILES string of the molecule is N#CCc1cc(Br)cc[n+]1N. The van der Waals surface area contributed by atoms with Crippen LogP contribution in [0.2, 0.25) is 0 Å². The van der Waals surface area contributed by atoms with E-state index in [9.17, 15) is 0 Å². The van der Waals surface area contributed by atoms with E-state index in [1.807, 2.05) is 18.2 Å². The van der Waals surface area contributed by atoms with E-state index in [-0.39, 0.29) is 0 Å². The lowest BCUT2D eigenvalue weighted by atomic mass is 10.3. The summed E-state index contributed by atoms with van der Waals surface area (Å²) in [5.74, 6) is 5.52. The van der Waals surface area contributed by atoms with Gasteiger partial charge in [0.2, 0.25) is 11.9 Å². The van der Waals surface area contributed by atoms with Gasteiger partial charge in [-0.05, 0) is 0 Å². The highest BCUT2D eigenvalue weighted by atomic mass is 79.9. The average Bonchev–Trinajstić information content (AvgIpc) is 1.98. The minimum absolute atomic E-state index is 0.329. The second-order valence-electron chi connectivity index (χ2n) is 2.08. The van der Waals surface area contributed by atoms with E-state index >= 15 is 0 Å². The van der Waals surface area contributed by atoms with Crippen molar-refractivity contribution >= 4 is 15.9 Å². The number of aromatic nitrogens is 1. The largest absolute Gasteiger partial charge is 0.226 e. The van der Waals surface area contributed by atoms with Crippen molar-refractivity contribution in [3.8, 4) is 6.07 Å². The van der Waals surface area contributed by atoms with Gasteiger partial charge in [-0.3, -0.25) is 0 Å². The van der Waals surface area contributed by atoms with Crippen molar-refractivity contribution in [2.45, 2.75) is 6.42 Å². The fourth-order valence-corrected chi connectivity index (χ4v) is 1.13. The molecule has 56 valence electrons. The third kappa shape index (κ3) is 1.92. The molecule has 0 aliphatic heterocycles. The molecule has 0 radical (unpaired) electrons. The Balaban J connectivity index is 3.05. The van der Waals surface area contributed by atoms with Gasteiger partial charge in [0.1, 0.15) is 6.42 Å².